The van der Waals surface area contributed by atoms with Crippen LogP contribution in [0.25, 0.3) is 0 Å². The van der Waals surface area contributed by atoms with Crippen molar-refractivity contribution >= 4 is 11.9 Å². The zero-order valence-corrected chi connectivity index (χ0v) is 45.1. The summed E-state index contributed by atoms with van der Waals surface area (Å²) in [6, 6.07) is 0. The summed E-state index contributed by atoms with van der Waals surface area (Å²) in [5.41, 5.74) is 0. The largest absolute Gasteiger partial charge is 0.462 e. The van der Waals surface area contributed by atoms with Crippen molar-refractivity contribution in [2.75, 3.05) is 19.8 Å². The Labute approximate surface area is 422 Å². The molecule has 5 nitrogen and oxygen atoms in total. The first-order valence-corrected chi connectivity index (χ1v) is 29.1. The standard InChI is InChI=1S/C63H110O5/c1-4-7-10-13-16-19-22-25-28-30-31-32-34-37-40-43-46-49-52-55-58-66-59-61(68-63(65)57-54-51-48-45-42-39-35-27-24-21-18-15-12-9-6-3)60-67-62(64)56-53-50-47-44-41-38-36-33-29-26-23-20-17-14-11-8-5-2/h7,10,16,19,25-29,31-32,35,37,40,61H,4-6,8-9,11-15,17-18,20-24,30,33-34,36,38-39,41-60H2,1-3H3/b10-7-,19-16-,28-25-,29-26-,32-31-,35-27-,40-37-. The van der Waals surface area contributed by atoms with Gasteiger partial charge >= 0.3 is 11.9 Å². The molecule has 0 rings (SSSR count). The van der Waals surface area contributed by atoms with E-state index in [1.54, 1.807) is 0 Å². The summed E-state index contributed by atoms with van der Waals surface area (Å²) < 4.78 is 17.5. The molecule has 0 aliphatic carbocycles. The fraction of sp³-hybridized carbons (Fsp3) is 0.746. The van der Waals surface area contributed by atoms with Gasteiger partial charge in [-0.1, -0.05) is 234 Å². The monoisotopic (exact) mass is 947 g/mol. The summed E-state index contributed by atoms with van der Waals surface area (Å²) in [5, 5.41) is 0. The van der Waals surface area contributed by atoms with Gasteiger partial charge in [0.15, 0.2) is 6.10 Å². The van der Waals surface area contributed by atoms with Gasteiger partial charge in [0, 0.05) is 19.4 Å². The third-order valence-corrected chi connectivity index (χ3v) is 12.4. The number of ether oxygens (including phenoxy) is 3. The van der Waals surface area contributed by atoms with E-state index < -0.39 is 6.10 Å². The van der Waals surface area contributed by atoms with Crippen molar-refractivity contribution in [2.45, 2.75) is 284 Å². The molecule has 0 fully saturated rings. The molecule has 0 aromatic carbocycles. The fourth-order valence-corrected chi connectivity index (χ4v) is 8.06. The van der Waals surface area contributed by atoms with Crippen LogP contribution in [0.15, 0.2) is 85.1 Å². The average Bonchev–Trinajstić information content (AvgIpc) is 3.34. The van der Waals surface area contributed by atoms with Crippen molar-refractivity contribution in [3.8, 4) is 0 Å². The second-order valence-electron chi connectivity index (χ2n) is 19.2. The van der Waals surface area contributed by atoms with E-state index in [9.17, 15) is 9.59 Å². The molecule has 0 aliphatic heterocycles. The van der Waals surface area contributed by atoms with Crippen LogP contribution >= 0.6 is 0 Å². The molecule has 68 heavy (non-hydrogen) atoms. The second kappa shape index (κ2) is 58.4. The Morgan fingerprint density at radius 2 is 0.662 bits per heavy atom. The molecule has 0 heterocycles. The van der Waals surface area contributed by atoms with Crippen molar-refractivity contribution in [3.63, 3.8) is 0 Å². The molecule has 0 radical (unpaired) electrons. The van der Waals surface area contributed by atoms with E-state index in [0.717, 1.165) is 96.3 Å². The summed E-state index contributed by atoms with van der Waals surface area (Å²) in [4.78, 5) is 25.5. The van der Waals surface area contributed by atoms with Gasteiger partial charge < -0.3 is 14.2 Å². The van der Waals surface area contributed by atoms with Crippen LogP contribution in [0.2, 0.25) is 0 Å². The minimum Gasteiger partial charge on any atom is -0.462 e. The van der Waals surface area contributed by atoms with Gasteiger partial charge in [-0.25, -0.2) is 0 Å². The number of unbranched alkanes of at least 4 members (excludes halogenated alkanes) is 28. The first-order valence-electron chi connectivity index (χ1n) is 29.1. The molecular formula is C63H110O5. The predicted octanol–water partition coefficient (Wildman–Crippen LogP) is 20.0. The van der Waals surface area contributed by atoms with E-state index in [0.29, 0.717) is 19.4 Å². The van der Waals surface area contributed by atoms with Crippen LogP contribution in [0.5, 0.6) is 0 Å². The molecular weight excluding hydrogens is 837 g/mol. The Kier molecular flexibility index (Phi) is 55.9. The number of esters is 2. The minimum absolute atomic E-state index is 0.0671. The number of carbonyl (C=O) groups is 2. The number of allylic oxidation sites excluding steroid dienone is 14. The van der Waals surface area contributed by atoms with Gasteiger partial charge in [0.05, 0.1) is 6.61 Å². The maximum atomic E-state index is 12.9. The Morgan fingerprint density at radius 1 is 0.338 bits per heavy atom. The topological polar surface area (TPSA) is 61.8 Å². The average molecular weight is 948 g/mol. The highest BCUT2D eigenvalue weighted by molar-refractivity contribution is 5.70. The zero-order chi connectivity index (χ0) is 49.2. The lowest BCUT2D eigenvalue weighted by atomic mass is 10.1. The van der Waals surface area contributed by atoms with Crippen LogP contribution in [0.3, 0.4) is 0 Å². The van der Waals surface area contributed by atoms with E-state index in [4.69, 9.17) is 14.2 Å². The molecule has 1 unspecified atom stereocenters. The van der Waals surface area contributed by atoms with Crippen LogP contribution in [0.4, 0.5) is 0 Å². The molecule has 0 aromatic rings. The van der Waals surface area contributed by atoms with E-state index in [1.807, 2.05) is 0 Å². The highest BCUT2D eigenvalue weighted by Crippen LogP contribution is 2.14. The fourth-order valence-electron chi connectivity index (χ4n) is 8.06. The van der Waals surface area contributed by atoms with Crippen LogP contribution < -0.4 is 0 Å². The smallest absolute Gasteiger partial charge is 0.306 e. The molecule has 0 aromatic heterocycles. The summed E-state index contributed by atoms with van der Waals surface area (Å²) in [7, 11) is 0. The summed E-state index contributed by atoms with van der Waals surface area (Å²) in [6.45, 7) is 7.66. The molecule has 1 atom stereocenters. The van der Waals surface area contributed by atoms with E-state index in [1.165, 1.54) is 148 Å². The molecule has 0 aliphatic rings. The maximum absolute atomic E-state index is 12.9. The van der Waals surface area contributed by atoms with E-state index in [-0.39, 0.29) is 25.2 Å². The summed E-state index contributed by atoms with van der Waals surface area (Å²) in [6.07, 6.45) is 77.5. The molecule has 392 valence electrons. The lowest BCUT2D eigenvalue weighted by molar-refractivity contribution is -0.163. The third kappa shape index (κ3) is 55.7. The first kappa shape index (κ1) is 65.1. The molecule has 0 N–H and O–H groups in total. The van der Waals surface area contributed by atoms with Gasteiger partial charge in [-0.3, -0.25) is 9.59 Å². The zero-order valence-electron chi connectivity index (χ0n) is 45.1. The number of rotatable bonds is 53. The van der Waals surface area contributed by atoms with Gasteiger partial charge in [0.25, 0.3) is 0 Å². The second-order valence-corrected chi connectivity index (χ2v) is 19.2. The molecule has 5 heteroatoms. The van der Waals surface area contributed by atoms with Gasteiger partial charge in [0.1, 0.15) is 6.61 Å². The van der Waals surface area contributed by atoms with Crippen LogP contribution in [-0.4, -0.2) is 37.9 Å². The van der Waals surface area contributed by atoms with E-state index in [2.05, 4.69) is 106 Å². The first-order chi connectivity index (χ1) is 33.6. The number of carbonyl (C=O) groups excluding carboxylic acids is 2. The summed E-state index contributed by atoms with van der Waals surface area (Å²) >= 11 is 0. The van der Waals surface area contributed by atoms with Crippen molar-refractivity contribution in [2.24, 2.45) is 0 Å². The highest BCUT2D eigenvalue weighted by Gasteiger charge is 2.17. The van der Waals surface area contributed by atoms with Crippen LogP contribution in [0, 0.1) is 0 Å². The molecule has 0 amide bonds. The van der Waals surface area contributed by atoms with Gasteiger partial charge in [-0.15, -0.1) is 0 Å². The van der Waals surface area contributed by atoms with Crippen molar-refractivity contribution in [1.29, 1.82) is 0 Å². The minimum atomic E-state index is -0.560. The SMILES string of the molecule is CC/C=C\C/C=C\C/C=C\C/C=C\C/C=C\CCCCCCOCC(COC(=O)CCCCCCCCC/C=C\CCCCCCCC)OC(=O)CCCCCCC/C=C\CCCCCCCC. The Balaban J connectivity index is 4.34. The third-order valence-electron chi connectivity index (χ3n) is 12.4. The normalized spacial score (nSPS) is 12.8. The lowest BCUT2D eigenvalue weighted by Gasteiger charge is -2.18. The Hall–Kier alpha value is -2.92. The molecule has 0 spiro atoms. The molecule has 0 saturated heterocycles. The molecule has 0 bridgehead atoms. The Bertz CT molecular complexity index is 1250. The van der Waals surface area contributed by atoms with Crippen molar-refractivity contribution < 1.29 is 23.8 Å². The summed E-state index contributed by atoms with van der Waals surface area (Å²) in [5.74, 6) is -0.421. The predicted molar refractivity (Wildman–Crippen MR) is 297 cm³/mol. The van der Waals surface area contributed by atoms with Gasteiger partial charge in [0.2, 0.25) is 0 Å². The highest BCUT2D eigenvalue weighted by atomic mass is 16.6. The van der Waals surface area contributed by atoms with E-state index >= 15 is 0 Å². The van der Waals surface area contributed by atoms with Crippen LogP contribution in [-0.2, 0) is 23.8 Å². The van der Waals surface area contributed by atoms with Crippen molar-refractivity contribution in [3.05, 3.63) is 85.1 Å². The lowest BCUT2D eigenvalue weighted by Crippen LogP contribution is -2.30. The quantitative estimate of drug-likeness (QED) is 0.0345. The van der Waals surface area contributed by atoms with Gasteiger partial charge in [-0.2, -0.15) is 0 Å². The number of hydrogen-bond donors (Lipinski definition) is 0. The van der Waals surface area contributed by atoms with Gasteiger partial charge in [-0.05, 0) is 116 Å². The molecule has 0 saturated carbocycles. The van der Waals surface area contributed by atoms with Crippen molar-refractivity contribution in [1.82, 2.24) is 0 Å². The Morgan fingerprint density at radius 3 is 1.07 bits per heavy atom. The number of hydrogen-bond acceptors (Lipinski definition) is 5. The maximum Gasteiger partial charge on any atom is 0.306 e. The van der Waals surface area contributed by atoms with Crippen LogP contribution in [0.1, 0.15) is 278 Å².